The van der Waals surface area contributed by atoms with Gasteiger partial charge in [-0.15, -0.1) is 6.42 Å². The molecule has 0 saturated carbocycles. The Labute approximate surface area is 210 Å². The summed E-state index contributed by atoms with van der Waals surface area (Å²) in [5, 5.41) is 14.4. The van der Waals surface area contributed by atoms with Crippen LogP contribution in [0.25, 0.3) is 32.9 Å². The summed E-state index contributed by atoms with van der Waals surface area (Å²) < 4.78 is 36.0. The number of carbonyl (C=O) groups is 1. The van der Waals surface area contributed by atoms with Gasteiger partial charge < -0.3 is 20.1 Å². The van der Waals surface area contributed by atoms with Crippen molar-refractivity contribution in [3.63, 3.8) is 0 Å². The fraction of sp³-hybridized carbons (Fsp3) is 0.259. The average Bonchev–Trinajstić information content (AvgIpc) is 2.87. The summed E-state index contributed by atoms with van der Waals surface area (Å²) in [5.41, 5.74) is -0.448. The van der Waals surface area contributed by atoms with Crippen molar-refractivity contribution in [2.45, 2.75) is 24.8 Å². The van der Waals surface area contributed by atoms with E-state index in [4.69, 9.17) is 11.2 Å². The second kappa shape index (κ2) is 8.27. The topological polar surface area (TPSA) is 100 Å². The maximum absolute atomic E-state index is 16.2. The monoisotopic (exact) mass is 501 g/mol. The number of amides is 1. The summed E-state index contributed by atoms with van der Waals surface area (Å²) in [7, 11) is 1.39. The van der Waals surface area contributed by atoms with Crippen molar-refractivity contribution < 1.29 is 23.4 Å². The number of terminal acetylenes is 1. The molecule has 4 heterocycles. The first-order valence-corrected chi connectivity index (χ1v) is 11.7. The summed E-state index contributed by atoms with van der Waals surface area (Å²) in [6.07, 6.45) is 9.13. The van der Waals surface area contributed by atoms with Crippen LogP contribution in [0.3, 0.4) is 0 Å². The van der Waals surface area contributed by atoms with Crippen molar-refractivity contribution in [2.24, 2.45) is 0 Å². The van der Waals surface area contributed by atoms with Crippen LogP contribution in [0.15, 0.2) is 30.5 Å². The number of phenolic OH excluding ortho intramolecular Hbond substituents is 1. The van der Waals surface area contributed by atoms with E-state index in [1.807, 2.05) is 4.90 Å². The minimum absolute atomic E-state index is 0.00504. The fourth-order valence-corrected chi connectivity index (χ4v) is 5.44. The molecule has 1 unspecified atom stereocenters. The molecule has 1 amide bonds. The molecule has 37 heavy (non-hydrogen) atoms. The number of hydrogen-bond donors (Lipinski definition) is 2. The second-order valence-corrected chi connectivity index (χ2v) is 9.41. The highest BCUT2D eigenvalue weighted by atomic mass is 19.1. The normalized spacial score (nSPS) is 19.1. The summed E-state index contributed by atoms with van der Waals surface area (Å²) in [6.45, 7) is 1.16. The number of aromatic hydroxyl groups is 1. The Kier molecular flexibility index (Phi) is 5.12. The number of nitrogens with zero attached hydrogens (tertiary/aromatic N) is 4. The van der Waals surface area contributed by atoms with Gasteiger partial charge in [0.1, 0.15) is 28.6 Å². The van der Waals surface area contributed by atoms with Gasteiger partial charge >= 0.3 is 6.01 Å². The molecule has 4 aromatic rings. The summed E-state index contributed by atoms with van der Waals surface area (Å²) in [4.78, 5) is 26.7. The standard InChI is InChI=1S/C27H21F2N5O3/c1-3-16-19(28)6-5-14-9-15(35)10-17(21(14)16)23-22(29)24-18(12-30-23)25(32-26(31-24)37-2)34-8-4-7-27(13-34)11-20(36)33-27/h1,5-6,9-10,12,35H,4,7-8,11,13H2,2H3,(H,33,36). The third-order valence-corrected chi connectivity index (χ3v) is 7.06. The first-order valence-electron chi connectivity index (χ1n) is 11.7. The molecule has 2 aliphatic heterocycles. The molecule has 0 radical (unpaired) electrons. The molecule has 2 saturated heterocycles. The molecule has 10 heteroatoms. The lowest BCUT2D eigenvalue weighted by Gasteiger charge is -2.49. The Balaban J connectivity index is 1.56. The van der Waals surface area contributed by atoms with Crippen molar-refractivity contribution in [1.82, 2.24) is 20.3 Å². The van der Waals surface area contributed by atoms with Gasteiger partial charge in [0.05, 0.1) is 30.0 Å². The molecule has 6 rings (SSSR count). The average molecular weight is 501 g/mol. The molecule has 0 aliphatic carbocycles. The maximum atomic E-state index is 16.2. The van der Waals surface area contributed by atoms with Crippen molar-refractivity contribution in [2.75, 3.05) is 25.1 Å². The van der Waals surface area contributed by atoms with Gasteiger partial charge in [0.2, 0.25) is 5.91 Å². The van der Waals surface area contributed by atoms with Crippen LogP contribution in [0, 0.1) is 24.0 Å². The molecule has 2 aromatic carbocycles. The molecular weight excluding hydrogens is 480 g/mol. The highest BCUT2D eigenvalue weighted by molar-refractivity contribution is 6.03. The van der Waals surface area contributed by atoms with E-state index in [0.29, 0.717) is 36.1 Å². The SMILES string of the molecule is C#Cc1c(F)ccc2cc(O)cc(-c3ncc4c(N5CCCC6(CC(=O)N6)C5)nc(OC)nc4c3F)c12. The van der Waals surface area contributed by atoms with E-state index in [9.17, 15) is 14.3 Å². The molecule has 186 valence electrons. The predicted octanol–water partition coefficient (Wildman–Crippen LogP) is 3.68. The van der Waals surface area contributed by atoms with Crippen LogP contribution < -0.4 is 15.0 Å². The van der Waals surface area contributed by atoms with E-state index in [0.717, 1.165) is 12.8 Å². The van der Waals surface area contributed by atoms with Gasteiger partial charge in [0.25, 0.3) is 0 Å². The molecular formula is C27H21F2N5O3. The van der Waals surface area contributed by atoms with E-state index in [-0.39, 0.29) is 50.9 Å². The van der Waals surface area contributed by atoms with Crippen LogP contribution in [-0.2, 0) is 4.79 Å². The molecule has 8 nitrogen and oxygen atoms in total. The van der Waals surface area contributed by atoms with Crippen LogP contribution in [-0.4, -0.2) is 51.7 Å². The number of hydrogen-bond acceptors (Lipinski definition) is 7. The van der Waals surface area contributed by atoms with E-state index >= 15 is 4.39 Å². The number of methoxy groups -OCH3 is 1. The summed E-state index contributed by atoms with van der Waals surface area (Å²) in [5.74, 6) is 1.19. The zero-order valence-corrected chi connectivity index (χ0v) is 19.8. The molecule has 1 spiro atoms. The quantitative estimate of drug-likeness (QED) is 0.326. The molecule has 2 N–H and O–H groups in total. The second-order valence-electron chi connectivity index (χ2n) is 9.41. The predicted molar refractivity (Wildman–Crippen MR) is 133 cm³/mol. The Morgan fingerprint density at radius 2 is 2.08 bits per heavy atom. The minimum atomic E-state index is -0.790. The van der Waals surface area contributed by atoms with Gasteiger partial charge in [-0.3, -0.25) is 9.78 Å². The lowest BCUT2D eigenvalue weighted by molar-refractivity contribution is -0.133. The highest BCUT2D eigenvalue weighted by Gasteiger charge is 2.46. The number of fused-ring (bicyclic) bond motifs is 2. The summed E-state index contributed by atoms with van der Waals surface area (Å²) >= 11 is 0. The van der Waals surface area contributed by atoms with Crippen LogP contribution >= 0.6 is 0 Å². The molecule has 1 atom stereocenters. The third kappa shape index (κ3) is 3.57. The number of benzene rings is 2. The van der Waals surface area contributed by atoms with Gasteiger partial charge in [-0.25, -0.2) is 8.78 Å². The number of carbonyl (C=O) groups excluding carboxylic acids is 1. The number of ether oxygens (including phenoxy) is 1. The highest BCUT2D eigenvalue weighted by Crippen LogP contribution is 2.40. The van der Waals surface area contributed by atoms with E-state index in [1.165, 1.54) is 37.6 Å². The van der Waals surface area contributed by atoms with E-state index < -0.39 is 11.6 Å². The smallest absolute Gasteiger partial charge is 0.318 e. The zero-order valence-electron chi connectivity index (χ0n) is 19.8. The van der Waals surface area contributed by atoms with Gasteiger partial charge in [0, 0.05) is 30.2 Å². The van der Waals surface area contributed by atoms with Gasteiger partial charge in [-0.1, -0.05) is 12.0 Å². The van der Waals surface area contributed by atoms with Crippen LogP contribution in [0.2, 0.25) is 0 Å². The lowest BCUT2D eigenvalue weighted by atomic mass is 9.80. The Hall–Kier alpha value is -4.52. The van der Waals surface area contributed by atoms with E-state index in [2.05, 4.69) is 26.2 Å². The minimum Gasteiger partial charge on any atom is -0.508 e. The maximum Gasteiger partial charge on any atom is 0.318 e. The van der Waals surface area contributed by atoms with Crippen molar-refractivity contribution in [3.05, 3.63) is 47.7 Å². The number of halogens is 2. The van der Waals surface area contributed by atoms with Crippen molar-refractivity contribution in [3.8, 4) is 35.4 Å². The first kappa shape index (κ1) is 22.9. The van der Waals surface area contributed by atoms with Crippen LogP contribution in [0.1, 0.15) is 24.8 Å². The number of nitrogens with one attached hydrogen (secondary N) is 1. The van der Waals surface area contributed by atoms with Crippen LogP contribution in [0.5, 0.6) is 11.8 Å². The zero-order chi connectivity index (χ0) is 25.9. The lowest BCUT2D eigenvalue weighted by Crippen LogP contribution is -2.68. The number of aromatic nitrogens is 3. The number of phenols is 1. The Morgan fingerprint density at radius 1 is 1.27 bits per heavy atom. The molecule has 2 fully saturated rings. The number of β-lactam (4-membered cyclic amide) rings is 1. The Bertz CT molecular complexity index is 1660. The largest absolute Gasteiger partial charge is 0.508 e. The first-order chi connectivity index (χ1) is 17.8. The molecule has 2 aliphatic rings. The molecule has 2 aromatic heterocycles. The van der Waals surface area contributed by atoms with E-state index in [1.54, 1.807) is 0 Å². The third-order valence-electron chi connectivity index (χ3n) is 7.06. The van der Waals surface area contributed by atoms with Crippen molar-refractivity contribution in [1.29, 1.82) is 0 Å². The van der Waals surface area contributed by atoms with Gasteiger partial charge in [-0.2, -0.15) is 9.97 Å². The van der Waals surface area contributed by atoms with Gasteiger partial charge in [-0.05, 0) is 36.4 Å². The van der Waals surface area contributed by atoms with Gasteiger partial charge in [0.15, 0.2) is 5.82 Å². The number of pyridine rings is 1. The Morgan fingerprint density at radius 3 is 2.81 bits per heavy atom. The fourth-order valence-electron chi connectivity index (χ4n) is 5.44. The number of rotatable bonds is 3. The summed E-state index contributed by atoms with van der Waals surface area (Å²) in [6, 6.07) is 5.35. The number of anilines is 1. The number of piperidine rings is 1. The van der Waals surface area contributed by atoms with Crippen LogP contribution in [0.4, 0.5) is 14.6 Å². The van der Waals surface area contributed by atoms with Crippen molar-refractivity contribution >= 4 is 33.4 Å². The molecule has 0 bridgehead atoms.